The summed E-state index contributed by atoms with van der Waals surface area (Å²) < 4.78 is 10.7. The summed E-state index contributed by atoms with van der Waals surface area (Å²) in [6.45, 7) is 3.05. The number of hydrogen-bond donors (Lipinski definition) is 0. The van der Waals surface area contributed by atoms with Gasteiger partial charge in [-0.2, -0.15) is 11.3 Å². The van der Waals surface area contributed by atoms with E-state index >= 15 is 0 Å². The fourth-order valence-electron chi connectivity index (χ4n) is 2.58. The highest BCUT2D eigenvalue weighted by Crippen LogP contribution is 2.20. The van der Waals surface area contributed by atoms with Crippen LogP contribution < -0.4 is 10.4 Å². The Morgan fingerprint density at radius 2 is 2.14 bits per heavy atom. The van der Waals surface area contributed by atoms with Crippen LogP contribution in [0, 0.1) is 6.92 Å². The summed E-state index contributed by atoms with van der Waals surface area (Å²) >= 11 is 1.53. The second-order valence-electron chi connectivity index (χ2n) is 5.34. The van der Waals surface area contributed by atoms with E-state index < -0.39 is 5.63 Å². The summed E-state index contributed by atoms with van der Waals surface area (Å²) in [4.78, 5) is 25.4. The molecule has 116 valence electrons. The van der Waals surface area contributed by atoms with Crippen molar-refractivity contribution in [3.8, 4) is 5.75 Å². The topological polar surface area (TPSA) is 59.8 Å². The summed E-state index contributed by atoms with van der Waals surface area (Å²) in [7, 11) is 0. The molecular formula is C16H17NO4S. The van der Waals surface area contributed by atoms with Gasteiger partial charge in [0.2, 0.25) is 0 Å². The number of thiophene rings is 1. The maximum Gasteiger partial charge on any atom is 0.339 e. The number of carbonyl (C=O) groups is 1. The summed E-state index contributed by atoms with van der Waals surface area (Å²) in [5, 5.41) is 3.78. The zero-order chi connectivity index (χ0) is 15.5. The van der Waals surface area contributed by atoms with E-state index in [9.17, 15) is 9.59 Å². The predicted molar refractivity (Wildman–Crippen MR) is 83.6 cm³/mol. The fraction of sp³-hybridized carbons (Fsp3) is 0.375. The molecule has 6 heteroatoms. The minimum Gasteiger partial charge on any atom is -0.490 e. The van der Waals surface area contributed by atoms with Gasteiger partial charge in [0.15, 0.2) is 0 Å². The number of aryl methyl sites for hydroxylation is 1. The third-order valence-corrected chi connectivity index (χ3v) is 4.35. The summed E-state index contributed by atoms with van der Waals surface area (Å²) in [5.74, 6) is 1.15. The highest BCUT2D eigenvalue weighted by Gasteiger charge is 2.25. The summed E-state index contributed by atoms with van der Waals surface area (Å²) in [5.41, 5.74) is 0.348. The van der Waals surface area contributed by atoms with Gasteiger partial charge in [0.25, 0.3) is 5.91 Å². The molecule has 22 heavy (non-hydrogen) atoms. The third kappa shape index (κ3) is 3.39. The highest BCUT2D eigenvalue weighted by molar-refractivity contribution is 7.08. The maximum atomic E-state index is 12.3. The fourth-order valence-corrected chi connectivity index (χ4v) is 3.21. The van der Waals surface area contributed by atoms with Crippen LogP contribution in [-0.4, -0.2) is 30.0 Å². The Morgan fingerprint density at radius 3 is 2.77 bits per heavy atom. The van der Waals surface area contributed by atoms with Crippen molar-refractivity contribution < 1.29 is 13.9 Å². The van der Waals surface area contributed by atoms with E-state index in [1.807, 2.05) is 21.7 Å². The van der Waals surface area contributed by atoms with E-state index in [1.54, 1.807) is 13.0 Å². The van der Waals surface area contributed by atoms with Crippen LogP contribution in [0.5, 0.6) is 5.75 Å². The van der Waals surface area contributed by atoms with E-state index in [0.717, 1.165) is 18.4 Å². The van der Waals surface area contributed by atoms with Gasteiger partial charge in [0, 0.05) is 37.4 Å². The van der Waals surface area contributed by atoms with Crippen LogP contribution in [0.2, 0.25) is 0 Å². The number of ether oxygens (including phenoxy) is 1. The molecule has 2 aromatic heterocycles. The normalized spacial score (nSPS) is 15.8. The van der Waals surface area contributed by atoms with E-state index in [0.29, 0.717) is 24.6 Å². The Bertz CT molecular complexity index is 699. The first-order chi connectivity index (χ1) is 10.6. The average molecular weight is 319 g/mol. The highest BCUT2D eigenvalue weighted by atomic mass is 32.1. The van der Waals surface area contributed by atoms with Gasteiger partial charge in [-0.3, -0.25) is 4.79 Å². The zero-order valence-corrected chi connectivity index (χ0v) is 13.1. The van der Waals surface area contributed by atoms with Gasteiger partial charge in [-0.05, 0) is 18.4 Å². The van der Waals surface area contributed by atoms with Crippen molar-refractivity contribution in [2.75, 3.05) is 13.1 Å². The van der Waals surface area contributed by atoms with Crippen LogP contribution in [0.25, 0.3) is 0 Å². The van der Waals surface area contributed by atoms with Crippen molar-refractivity contribution in [1.82, 2.24) is 4.90 Å². The molecule has 1 saturated heterocycles. The number of likely N-dealkylation sites (tertiary alicyclic amines) is 1. The molecule has 5 nitrogen and oxygen atoms in total. The molecule has 0 atom stereocenters. The average Bonchev–Trinajstić information content (AvgIpc) is 3.00. The van der Waals surface area contributed by atoms with Crippen LogP contribution in [-0.2, 0) is 0 Å². The molecule has 0 bridgehead atoms. The van der Waals surface area contributed by atoms with E-state index in [4.69, 9.17) is 9.15 Å². The molecule has 0 spiro atoms. The first-order valence-corrected chi connectivity index (χ1v) is 8.16. The molecular weight excluding hydrogens is 302 g/mol. The zero-order valence-electron chi connectivity index (χ0n) is 12.3. The van der Waals surface area contributed by atoms with Crippen LogP contribution in [0.1, 0.15) is 29.0 Å². The Hall–Kier alpha value is -2.08. The minimum absolute atomic E-state index is 0.0210. The van der Waals surface area contributed by atoms with Crippen molar-refractivity contribution in [3.63, 3.8) is 0 Å². The van der Waals surface area contributed by atoms with E-state index in [2.05, 4.69) is 0 Å². The Labute approximate surface area is 132 Å². The van der Waals surface area contributed by atoms with E-state index in [-0.39, 0.29) is 12.0 Å². The van der Waals surface area contributed by atoms with E-state index in [1.165, 1.54) is 17.4 Å². The molecule has 1 amide bonds. The molecule has 0 N–H and O–H groups in total. The number of amides is 1. The first-order valence-electron chi connectivity index (χ1n) is 7.22. The number of nitrogens with zero attached hydrogens (tertiary/aromatic N) is 1. The lowest BCUT2D eigenvalue weighted by Crippen LogP contribution is -2.41. The minimum atomic E-state index is -0.403. The maximum absolute atomic E-state index is 12.3. The van der Waals surface area contributed by atoms with Crippen molar-refractivity contribution in [1.29, 1.82) is 0 Å². The molecule has 0 aromatic carbocycles. The second kappa shape index (κ2) is 6.36. The lowest BCUT2D eigenvalue weighted by molar-refractivity contribution is 0.0595. The first kappa shape index (κ1) is 14.8. The van der Waals surface area contributed by atoms with Gasteiger partial charge in [-0.25, -0.2) is 4.79 Å². The summed E-state index contributed by atoms with van der Waals surface area (Å²) in [6.07, 6.45) is 1.54. The molecule has 3 heterocycles. The van der Waals surface area contributed by atoms with Crippen LogP contribution in [0.4, 0.5) is 0 Å². The number of carbonyl (C=O) groups excluding carboxylic acids is 1. The van der Waals surface area contributed by atoms with Gasteiger partial charge in [-0.15, -0.1) is 0 Å². The largest absolute Gasteiger partial charge is 0.490 e. The molecule has 0 radical (unpaired) electrons. The number of hydrogen-bond acceptors (Lipinski definition) is 5. The molecule has 2 aromatic rings. The summed E-state index contributed by atoms with van der Waals surface area (Å²) in [6, 6.07) is 4.92. The second-order valence-corrected chi connectivity index (χ2v) is 6.12. The van der Waals surface area contributed by atoms with Gasteiger partial charge >= 0.3 is 5.63 Å². The quantitative estimate of drug-likeness (QED) is 0.873. The van der Waals surface area contributed by atoms with Crippen molar-refractivity contribution in [2.45, 2.75) is 25.9 Å². The third-order valence-electron chi connectivity index (χ3n) is 3.67. The number of piperidine rings is 1. The van der Waals surface area contributed by atoms with Crippen LogP contribution in [0.3, 0.4) is 0 Å². The predicted octanol–water partition coefficient (Wildman–Crippen LogP) is 2.69. The SMILES string of the molecule is Cc1cc(OC2CCN(C(=O)c3ccsc3)CC2)cc(=O)o1. The van der Waals surface area contributed by atoms with Crippen LogP contribution in [0.15, 0.2) is 38.2 Å². The molecule has 1 aliphatic heterocycles. The molecule has 0 aliphatic carbocycles. The molecule has 0 unspecified atom stereocenters. The Balaban J connectivity index is 1.57. The van der Waals surface area contributed by atoms with Gasteiger partial charge in [0.1, 0.15) is 17.6 Å². The lowest BCUT2D eigenvalue weighted by atomic mass is 10.1. The van der Waals surface area contributed by atoms with Gasteiger partial charge in [-0.1, -0.05) is 0 Å². The standard InChI is InChI=1S/C16H17NO4S/c1-11-8-14(9-15(18)20-11)21-13-2-5-17(6-3-13)16(19)12-4-7-22-10-12/h4,7-10,13H,2-3,5-6H2,1H3. The Morgan fingerprint density at radius 1 is 1.36 bits per heavy atom. The van der Waals surface area contributed by atoms with Crippen LogP contribution >= 0.6 is 11.3 Å². The molecule has 1 fully saturated rings. The van der Waals surface area contributed by atoms with Gasteiger partial charge < -0.3 is 14.1 Å². The Kier molecular flexibility index (Phi) is 4.29. The van der Waals surface area contributed by atoms with Crippen molar-refractivity contribution >= 4 is 17.2 Å². The number of rotatable bonds is 3. The smallest absolute Gasteiger partial charge is 0.339 e. The van der Waals surface area contributed by atoms with Crippen molar-refractivity contribution in [2.24, 2.45) is 0 Å². The lowest BCUT2D eigenvalue weighted by Gasteiger charge is -2.32. The molecule has 1 aliphatic rings. The molecule has 0 saturated carbocycles. The monoisotopic (exact) mass is 319 g/mol. The van der Waals surface area contributed by atoms with Gasteiger partial charge in [0.05, 0.1) is 11.6 Å². The molecule has 3 rings (SSSR count). The van der Waals surface area contributed by atoms with Crippen molar-refractivity contribution in [3.05, 3.63) is 50.7 Å².